The Bertz CT molecular complexity index is 1170. The summed E-state index contributed by atoms with van der Waals surface area (Å²) in [5.41, 5.74) is 3.24. The summed E-state index contributed by atoms with van der Waals surface area (Å²) in [4.78, 5) is 39.4. The Kier molecular flexibility index (Phi) is 5.93. The standard InChI is InChI=1S/C27H27N3O5/c28-12-6-5-11-23(24(31)30-15-17-13-27(30,14-17)25(32)33)29-26(34)35-16-22-20-9-3-1-7-18(20)19-8-2-4-10-21(19)22/h1-4,7-10,17,22-23H,5-6,11,13-16H2,(H,29,34)(H,32,33). The second-order valence-corrected chi connectivity index (χ2v) is 9.63. The Morgan fingerprint density at radius 3 is 2.34 bits per heavy atom. The van der Waals surface area contributed by atoms with Crippen LogP contribution in [0.5, 0.6) is 0 Å². The number of hydrogen-bond donors (Lipinski definition) is 2. The number of carbonyl (C=O) groups is 3. The van der Waals surface area contributed by atoms with Gasteiger partial charge in [-0.2, -0.15) is 5.26 Å². The Labute approximate surface area is 203 Å². The number of carboxylic acid groups (broad SMARTS) is 1. The van der Waals surface area contributed by atoms with Gasteiger partial charge in [-0.25, -0.2) is 9.59 Å². The molecule has 8 nitrogen and oxygen atoms in total. The minimum absolute atomic E-state index is 0.109. The molecule has 2 aliphatic carbocycles. The molecule has 2 amide bonds. The molecule has 2 N–H and O–H groups in total. The van der Waals surface area contributed by atoms with E-state index in [-0.39, 0.29) is 31.3 Å². The van der Waals surface area contributed by atoms with Crippen LogP contribution in [0.3, 0.4) is 0 Å². The molecular weight excluding hydrogens is 446 g/mol. The summed E-state index contributed by atoms with van der Waals surface area (Å²) in [6, 6.07) is 17.2. The third-order valence-electron chi connectivity index (χ3n) is 7.59. The average molecular weight is 474 g/mol. The summed E-state index contributed by atoms with van der Waals surface area (Å²) in [5.74, 6) is -1.35. The maximum absolute atomic E-state index is 13.3. The van der Waals surface area contributed by atoms with E-state index in [0.29, 0.717) is 25.8 Å². The molecule has 3 fully saturated rings. The largest absolute Gasteiger partial charge is 0.479 e. The lowest BCUT2D eigenvalue weighted by atomic mass is 9.73. The number of benzene rings is 2. The van der Waals surface area contributed by atoms with E-state index in [1.807, 2.05) is 42.5 Å². The summed E-state index contributed by atoms with van der Waals surface area (Å²) in [6.45, 7) is 0.496. The Morgan fingerprint density at radius 1 is 1.11 bits per heavy atom. The van der Waals surface area contributed by atoms with Crippen molar-refractivity contribution in [2.75, 3.05) is 13.2 Å². The molecule has 1 saturated carbocycles. The summed E-state index contributed by atoms with van der Waals surface area (Å²) in [7, 11) is 0. The van der Waals surface area contributed by atoms with E-state index in [1.165, 1.54) is 4.90 Å². The molecule has 0 aromatic heterocycles. The molecule has 6 rings (SSSR count). The van der Waals surface area contributed by atoms with Crippen molar-refractivity contribution in [3.05, 3.63) is 59.7 Å². The third-order valence-corrected chi connectivity index (χ3v) is 7.59. The van der Waals surface area contributed by atoms with Crippen molar-refractivity contribution in [2.24, 2.45) is 5.92 Å². The lowest BCUT2D eigenvalue weighted by Gasteiger charge is -2.39. The number of nitriles is 1. The van der Waals surface area contributed by atoms with Crippen LogP contribution in [0.25, 0.3) is 11.1 Å². The number of hydrogen-bond acceptors (Lipinski definition) is 5. The molecule has 4 aliphatic rings. The second-order valence-electron chi connectivity index (χ2n) is 9.63. The minimum atomic E-state index is -1.17. The van der Waals surface area contributed by atoms with Gasteiger partial charge in [-0.05, 0) is 53.9 Å². The number of alkyl carbamates (subject to hydrolysis) is 1. The fourth-order valence-electron chi connectivity index (χ4n) is 5.88. The Hall–Kier alpha value is -3.86. The fourth-order valence-corrected chi connectivity index (χ4v) is 5.88. The molecular formula is C27H27N3O5. The number of aliphatic carboxylic acids is 1. The zero-order valence-electron chi connectivity index (χ0n) is 19.3. The van der Waals surface area contributed by atoms with E-state index < -0.39 is 29.6 Å². The fraction of sp³-hybridized carbons (Fsp3) is 0.407. The van der Waals surface area contributed by atoms with Gasteiger partial charge in [0.2, 0.25) is 5.91 Å². The molecule has 1 atom stereocenters. The first-order chi connectivity index (χ1) is 16.9. The first-order valence-electron chi connectivity index (χ1n) is 12.0. The zero-order chi connectivity index (χ0) is 24.6. The summed E-state index contributed by atoms with van der Waals surface area (Å²) >= 11 is 0. The maximum atomic E-state index is 13.3. The highest BCUT2D eigenvalue weighted by Crippen LogP contribution is 2.51. The van der Waals surface area contributed by atoms with Gasteiger partial charge in [0.05, 0.1) is 6.07 Å². The Morgan fingerprint density at radius 2 is 1.74 bits per heavy atom. The number of fused-ring (bicyclic) bond motifs is 4. The van der Waals surface area contributed by atoms with Gasteiger partial charge in [-0.3, -0.25) is 4.79 Å². The van der Waals surface area contributed by atoms with E-state index in [1.54, 1.807) is 0 Å². The van der Waals surface area contributed by atoms with Crippen LogP contribution in [0.2, 0.25) is 0 Å². The first-order valence-corrected chi connectivity index (χ1v) is 12.0. The summed E-state index contributed by atoms with van der Waals surface area (Å²) in [6.07, 6.45) is 1.07. The van der Waals surface area contributed by atoms with Gasteiger partial charge in [-0.15, -0.1) is 0 Å². The summed E-state index contributed by atoms with van der Waals surface area (Å²) < 4.78 is 5.60. The minimum Gasteiger partial charge on any atom is -0.479 e. The molecule has 35 heavy (non-hydrogen) atoms. The van der Waals surface area contributed by atoms with E-state index >= 15 is 0 Å². The molecule has 2 aromatic rings. The van der Waals surface area contributed by atoms with Crippen molar-refractivity contribution in [1.82, 2.24) is 10.2 Å². The van der Waals surface area contributed by atoms with Gasteiger partial charge >= 0.3 is 12.1 Å². The molecule has 0 spiro atoms. The van der Waals surface area contributed by atoms with Gasteiger partial charge in [0.1, 0.15) is 18.2 Å². The van der Waals surface area contributed by atoms with Gasteiger partial charge in [0, 0.05) is 18.9 Å². The quantitative estimate of drug-likeness (QED) is 0.565. The molecule has 1 unspecified atom stereocenters. The molecule has 8 heteroatoms. The number of nitrogens with zero attached hydrogens (tertiary/aromatic N) is 2. The Balaban J connectivity index is 1.27. The first kappa shape index (κ1) is 22.9. The monoisotopic (exact) mass is 473 g/mol. The predicted octanol–water partition coefficient (Wildman–Crippen LogP) is 3.66. The van der Waals surface area contributed by atoms with E-state index in [9.17, 15) is 19.5 Å². The van der Waals surface area contributed by atoms with Crippen LogP contribution in [-0.2, 0) is 14.3 Å². The van der Waals surface area contributed by atoms with E-state index in [2.05, 4.69) is 17.4 Å². The second kappa shape index (κ2) is 9.06. The van der Waals surface area contributed by atoms with Crippen molar-refractivity contribution in [1.29, 1.82) is 5.26 Å². The molecule has 2 bridgehead atoms. The molecule has 2 aliphatic heterocycles. The smallest absolute Gasteiger partial charge is 0.407 e. The van der Waals surface area contributed by atoms with Crippen molar-refractivity contribution in [2.45, 2.75) is 49.6 Å². The lowest BCUT2D eigenvalue weighted by Crippen LogP contribution is -2.58. The van der Waals surface area contributed by atoms with Crippen LogP contribution in [0, 0.1) is 17.2 Å². The number of carboxylic acids is 1. The molecule has 2 heterocycles. The van der Waals surface area contributed by atoms with Gasteiger partial charge in [-0.1, -0.05) is 48.5 Å². The third kappa shape index (κ3) is 3.91. The van der Waals surface area contributed by atoms with Crippen molar-refractivity contribution < 1.29 is 24.2 Å². The zero-order valence-corrected chi connectivity index (χ0v) is 19.3. The number of amides is 2. The number of carbonyl (C=O) groups excluding carboxylic acids is 2. The van der Waals surface area contributed by atoms with Crippen molar-refractivity contribution >= 4 is 18.0 Å². The van der Waals surface area contributed by atoms with Crippen LogP contribution in [0.4, 0.5) is 4.79 Å². The lowest BCUT2D eigenvalue weighted by molar-refractivity contribution is -0.159. The maximum Gasteiger partial charge on any atom is 0.407 e. The number of rotatable bonds is 8. The van der Waals surface area contributed by atoms with Gasteiger partial charge in [0.15, 0.2) is 0 Å². The van der Waals surface area contributed by atoms with Gasteiger partial charge < -0.3 is 20.1 Å². The topological polar surface area (TPSA) is 120 Å². The van der Waals surface area contributed by atoms with Crippen LogP contribution in [0.1, 0.15) is 49.1 Å². The van der Waals surface area contributed by atoms with E-state index in [0.717, 1.165) is 22.3 Å². The number of unbranched alkanes of at least 4 members (excludes halogenated alkanes) is 1. The van der Waals surface area contributed by atoms with Crippen LogP contribution in [0.15, 0.2) is 48.5 Å². The average Bonchev–Trinajstić information content (AvgIpc) is 3.50. The highest BCUT2D eigenvalue weighted by atomic mass is 16.5. The molecule has 2 aromatic carbocycles. The molecule has 2 saturated heterocycles. The van der Waals surface area contributed by atoms with Crippen molar-refractivity contribution in [3.63, 3.8) is 0 Å². The molecule has 180 valence electrons. The van der Waals surface area contributed by atoms with Gasteiger partial charge in [0.25, 0.3) is 0 Å². The number of ether oxygens (including phenoxy) is 1. The predicted molar refractivity (Wildman–Crippen MR) is 126 cm³/mol. The summed E-state index contributed by atoms with van der Waals surface area (Å²) in [5, 5.41) is 21.3. The van der Waals surface area contributed by atoms with Crippen LogP contribution in [-0.4, -0.2) is 52.7 Å². The van der Waals surface area contributed by atoms with Crippen LogP contribution < -0.4 is 5.32 Å². The normalized spacial score (nSPS) is 22.4. The highest BCUT2D eigenvalue weighted by Gasteiger charge is 2.63. The van der Waals surface area contributed by atoms with E-state index in [4.69, 9.17) is 10.00 Å². The van der Waals surface area contributed by atoms with Crippen molar-refractivity contribution in [3.8, 4) is 17.2 Å². The molecule has 0 radical (unpaired) electrons. The SMILES string of the molecule is N#CCCCC(NC(=O)OCC1c2ccccc2-c2ccccc21)C(=O)N1CC2CC1(C(=O)O)C2. The number of nitrogens with one attached hydrogen (secondary N) is 1. The van der Waals surface area contributed by atoms with Crippen LogP contribution >= 0.6 is 0 Å². The highest BCUT2D eigenvalue weighted by molar-refractivity contribution is 5.93.